The Kier molecular flexibility index (Phi) is 5.21. The van der Waals surface area contributed by atoms with Crippen LogP contribution < -0.4 is 4.74 Å². The van der Waals surface area contributed by atoms with E-state index < -0.39 is 23.8 Å². The molecular weight excluding hydrogens is 337 g/mol. The van der Waals surface area contributed by atoms with Crippen LogP contribution in [0.3, 0.4) is 0 Å². The van der Waals surface area contributed by atoms with Gasteiger partial charge in [0.15, 0.2) is 17.7 Å². The molecule has 1 amide bonds. The predicted molar refractivity (Wildman–Crippen MR) is 93.3 cm³/mol. The Morgan fingerprint density at radius 2 is 1.92 bits per heavy atom. The Morgan fingerprint density at radius 3 is 2.62 bits per heavy atom. The third kappa shape index (κ3) is 3.54. The largest absolute Gasteiger partial charge is 0.481 e. The summed E-state index contributed by atoms with van der Waals surface area (Å²) >= 11 is 0. The highest BCUT2D eigenvalue weighted by Gasteiger charge is 2.35. The molecule has 0 saturated heterocycles. The molecule has 0 saturated carbocycles. The number of carbonyl (C=O) groups is 2. The molecule has 0 fully saturated rings. The molecule has 6 heteroatoms. The van der Waals surface area contributed by atoms with Crippen LogP contribution in [0.4, 0.5) is 4.39 Å². The van der Waals surface area contributed by atoms with Crippen molar-refractivity contribution in [2.75, 3.05) is 6.54 Å². The Labute approximate surface area is 151 Å². The number of fused-ring (bicyclic) bond motifs is 1. The van der Waals surface area contributed by atoms with Crippen molar-refractivity contribution in [2.45, 2.75) is 31.9 Å². The van der Waals surface area contributed by atoms with E-state index in [-0.39, 0.29) is 18.2 Å². The number of aliphatic carboxylic acids is 1. The summed E-state index contributed by atoms with van der Waals surface area (Å²) in [5.74, 6) is -2.62. The van der Waals surface area contributed by atoms with Crippen LogP contribution in [0.2, 0.25) is 0 Å². The van der Waals surface area contributed by atoms with Gasteiger partial charge in [-0.25, -0.2) is 4.39 Å². The van der Waals surface area contributed by atoms with E-state index in [1.54, 1.807) is 31.2 Å². The second-order valence-corrected chi connectivity index (χ2v) is 6.25. The first-order chi connectivity index (χ1) is 12.5. The van der Waals surface area contributed by atoms with Crippen molar-refractivity contribution in [3.63, 3.8) is 0 Å². The Bertz CT molecular complexity index is 823. The average molecular weight is 357 g/mol. The van der Waals surface area contributed by atoms with Gasteiger partial charge in [0.25, 0.3) is 5.91 Å². The monoisotopic (exact) mass is 357 g/mol. The van der Waals surface area contributed by atoms with Crippen molar-refractivity contribution >= 4 is 11.9 Å². The van der Waals surface area contributed by atoms with E-state index in [1.165, 1.54) is 17.0 Å². The zero-order valence-electron chi connectivity index (χ0n) is 14.4. The number of para-hydroxylation sites is 1. The van der Waals surface area contributed by atoms with Crippen LogP contribution in [0, 0.1) is 5.82 Å². The molecule has 5 nitrogen and oxygen atoms in total. The summed E-state index contributed by atoms with van der Waals surface area (Å²) in [6.45, 7) is 2.16. The molecular formula is C20H20FNO4. The highest BCUT2D eigenvalue weighted by Crippen LogP contribution is 2.29. The van der Waals surface area contributed by atoms with Crippen molar-refractivity contribution in [1.82, 2.24) is 4.90 Å². The molecule has 0 radical (unpaired) electrons. The van der Waals surface area contributed by atoms with E-state index in [1.807, 2.05) is 12.1 Å². The van der Waals surface area contributed by atoms with Crippen molar-refractivity contribution < 1.29 is 23.8 Å². The third-order valence-corrected chi connectivity index (χ3v) is 4.56. The zero-order valence-corrected chi connectivity index (χ0v) is 14.4. The van der Waals surface area contributed by atoms with Gasteiger partial charge >= 0.3 is 5.97 Å². The Morgan fingerprint density at radius 1 is 1.23 bits per heavy atom. The Hall–Kier alpha value is -2.89. The Balaban J connectivity index is 1.82. The van der Waals surface area contributed by atoms with Crippen molar-refractivity contribution in [1.29, 1.82) is 0 Å². The molecule has 0 spiro atoms. The maximum absolute atomic E-state index is 13.8. The predicted octanol–water partition coefficient (Wildman–Crippen LogP) is 3.19. The summed E-state index contributed by atoms with van der Waals surface area (Å²) in [6.07, 6.45) is -0.519. The van der Waals surface area contributed by atoms with Crippen LogP contribution >= 0.6 is 0 Å². The van der Waals surface area contributed by atoms with E-state index in [9.17, 15) is 19.1 Å². The molecule has 3 rings (SSSR count). The summed E-state index contributed by atoms with van der Waals surface area (Å²) in [4.78, 5) is 26.0. The maximum Gasteiger partial charge on any atom is 0.312 e. The molecule has 1 aliphatic heterocycles. The standard InChI is InChI=1S/C20H20FNO4/c1-2-17(26-18-10-6-5-9-16(18)21)19(23)22-11-13-7-3-4-8-14(13)15(12-22)20(24)25/h3-10,15,17H,2,11-12H2,1H3,(H,24,25). The fraction of sp³-hybridized carbons (Fsp3) is 0.300. The quantitative estimate of drug-likeness (QED) is 0.892. The fourth-order valence-corrected chi connectivity index (χ4v) is 3.19. The van der Waals surface area contributed by atoms with Crippen LogP contribution in [-0.4, -0.2) is 34.5 Å². The molecule has 26 heavy (non-hydrogen) atoms. The number of carboxylic acids is 1. The molecule has 0 aromatic heterocycles. The SMILES string of the molecule is CCC(Oc1ccccc1F)C(=O)N1Cc2ccccc2C(C(=O)O)C1. The topological polar surface area (TPSA) is 66.8 Å². The van der Waals surface area contributed by atoms with Gasteiger partial charge < -0.3 is 14.7 Å². The number of benzene rings is 2. The minimum absolute atomic E-state index is 0.0138. The zero-order chi connectivity index (χ0) is 18.7. The number of carbonyl (C=O) groups excluding carboxylic acids is 1. The summed E-state index contributed by atoms with van der Waals surface area (Å²) in [5, 5.41) is 9.53. The van der Waals surface area contributed by atoms with Crippen molar-refractivity contribution in [2.24, 2.45) is 0 Å². The van der Waals surface area contributed by atoms with Crippen LogP contribution in [0.5, 0.6) is 5.75 Å². The number of hydrogen-bond acceptors (Lipinski definition) is 3. The van der Waals surface area contributed by atoms with Gasteiger partial charge in [0.2, 0.25) is 0 Å². The highest BCUT2D eigenvalue weighted by atomic mass is 19.1. The minimum atomic E-state index is -0.974. The van der Waals surface area contributed by atoms with Crippen molar-refractivity contribution in [3.8, 4) is 5.75 Å². The summed E-state index contributed by atoms with van der Waals surface area (Å²) in [5.41, 5.74) is 1.53. The first-order valence-electron chi connectivity index (χ1n) is 8.51. The second kappa shape index (κ2) is 7.56. The summed E-state index contributed by atoms with van der Waals surface area (Å²) in [7, 11) is 0. The molecule has 2 aromatic rings. The first-order valence-corrected chi connectivity index (χ1v) is 8.51. The normalized spacial score (nSPS) is 17.3. The van der Waals surface area contributed by atoms with Crippen LogP contribution in [0.1, 0.15) is 30.4 Å². The molecule has 1 heterocycles. The lowest BCUT2D eigenvalue weighted by atomic mass is 9.89. The number of carboxylic acid groups (broad SMARTS) is 1. The van der Waals surface area contributed by atoms with Crippen molar-refractivity contribution in [3.05, 3.63) is 65.5 Å². The highest BCUT2D eigenvalue weighted by molar-refractivity contribution is 5.84. The number of amides is 1. The lowest BCUT2D eigenvalue weighted by Gasteiger charge is -2.34. The second-order valence-electron chi connectivity index (χ2n) is 6.25. The van der Waals surface area contributed by atoms with Gasteiger partial charge in [-0.3, -0.25) is 9.59 Å². The molecule has 2 atom stereocenters. The van der Waals surface area contributed by atoms with E-state index in [2.05, 4.69) is 0 Å². The van der Waals surface area contributed by atoms with Crippen LogP contribution in [-0.2, 0) is 16.1 Å². The number of halogens is 1. The fourth-order valence-electron chi connectivity index (χ4n) is 3.19. The van der Waals surface area contributed by atoms with Gasteiger partial charge in [-0.15, -0.1) is 0 Å². The summed E-state index contributed by atoms with van der Waals surface area (Å²) < 4.78 is 19.4. The molecule has 1 aliphatic rings. The minimum Gasteiger partial charge on any atom is -0.481 e. The van der Waals surface area contributed by atoms with Gasteiger partial charge in [0, 0.05) is 13.1 Å². The first kappa shape index (κ1) is 17.9. The van der Waals surface area contributed by atoms with E-state index >= 15 is 0 Å². The smallest absolute Gasteiger partial charge is 0.312 e. The van der Waals surface area contributed by atoms with Gasteiger partial charge in [-0.2, -0.15) is 0 Å². The molecule has 0 bridgehead atoms. The number of hydrogen-bond donors (Lipinski definition) is 1. The molecule has 136 valence electrons. The van der Waals surface area contributed by atoms with E-state index in [4.69, 9.17) is 4.74 Å². The number of ether oxygens (including phenoxy) is 1. The average Bonchev–Trinajstić information content (AvgIpc) is 2.65. The van der Waals surface area contributed by atoms with Gasteiger partial charge in [0.1, 0.15) is 0 Å². The van der Waals surface area contributed by atoms with Crippen LogP contribution in [0.15, 0.2) is 48.5 Å². The number of rotatable bonds is 5. The van der Waals surface area contributed by atoms with Crippen LogP contribution in [0.25, 0.3) is 0 Å². The lowest BCUT2D eigenvalue weighted by molar-refractivity contribution is -0.144. The van der Waals surface area contributed by atoms with Gasteiger partial charge in [-0.1, -0.05) is 43.3 Å². The van der Waals surface area contributed by atoms with E-state index in [0.717, 1.165) is 11.1 Å². The van der Waals surface area contributed by atoms with Gasteiger partial charge in [0.05, 0.1) is 5.92 Å². The lowest BCUT2D eigenvalue weighted by Crippen LogP contribution is -2.46. The van der Waals surface area contributed by atoms with E-state index in [0.29, 0.717) is 13.0 Å². The molecule has 1 N–H and O–H groups in total. The number of nitrogens with zero attached hydrogens (tertiary/aromatic N) is 1. The third-order valence-electron chi connectivity index (χ3n) is 4.56. The summed E-state index contributed by atoms with van der Waals surface area (Å²) in [6, 6.07) is 13.1. The molecule has 2 unspecified atom stereocenters. The molecule has 0 aliphatic carbocycles. The molecule has 2 aromatic carbocycles. The van der Waals surface area contributed by atoms with Gasteiger partial charge in [-0.05, 0) is 29.7 Å². The maximum atomic E-state index is 13.8.